The van der Waals surface area contributed by atoms with Crippen LogP contribution in [0.1, 0.15) is 18.7 Å². The number of aromatic nitrogens is 3. The molecular weight excluding hydrogens is 214 g/mol. The third-order valence-corrected chi connectivity index (χ3v) is 3.30. The van der Waals surface area contributed by atoms with E-state index in [4.69, 9.17) is 5.73 Å². The van der Waals surface area contributed by atoms with Crippen LogP contribution >= 0.6 is 0 Å². The molecule has 0 radical (unpaired) electrons. The number of piperidine rings is 1. The molecule has 1 aliphatic heterocycles. The number of nitrogens with zero attached hydrogens (tertiary/aromatic N) is 3. The zero-order valence-corrected chi connectivity index (χ0v) is 9.76. The summed E-state index contributed by atoms with van der Waals surface area (Å²) in [5, 5.41) is 7.87. The fourth-order valence-corrected chi connectivity index (χ4v) is 2.41. The van der Waals surface area contributed by atoms with E-state index in [1.54, 1.807) is 4.52 Å². The predicted molar refractivity (Wildman–Crippen MR) is 66.7 cm³/mol. The number of hydrogen-bond acceptors (Lipinski definition) is 4. The normalized spacial score (nSPS) is 20.8. The van der Waals surface area contributed by atoms with Crippen LogP contribution in [0.5, 0.6) is 0 Å². The molecule has 1 aliphatic rings. The molecule has 0 bridgehead atoms. The number of anilines is 1. The van der Waals surface area contributed by atoms with Gasteiger partial charge in [-0.2, -0.15) is 4.52 Å². The molecule has 5 heteroatoms. The highest BCUT2D eigenvalue weighted by atomic mass is 15.3. The molecule has 2 aromatic rings. The largest absolute Gasteiger partial charge is 0.384 e. The molecule has 1 unspecified atom stereocenters. The zero-order chi connectivity index (χ0) is 11.7. The molecular formula is C12H17N5. The zero-order valence-electron chi connectivity index (χ0n) is 9.76. The van der Waals surface area contributed by atoms with Crippen molar-refractivity contribution < 1.29 is 0 Å². The number of nitrogens with two attached hydrogens (primary N) is 1. The third-order valence-electron chi connectivity index (χ3n) is 3.30. The number of fused-ring (bicyclic) bond motifs is 1. The fourth-order valence-electron chi connectivity index (χ4n) is 2.41. The Labute approximate surface area is 100 Å². The molecule has 1 saturated heterocycles. The Balaban J connectivity index is 1.83. The molecule has 1 atom stereocenters. The Kier molecular flexibility index (Phi) is 2.68. The van der Waals surface area contributed by atoms with Gasteiger partial charge in [0.05, 0.1) is 0 Å². The van der Waals surface area contributed by atoms with E-state index in [1.165, 1.54) is 12.8 Å². The number of nitrogens with one attached hydrogen (secondary N) is 1. The Morgan fingerprint density at radius 2 is 2.41 bits per heavy atom. The van der Waals surface area contributed by atoms with Crippen LogP contribution in [0.2, 0.25) is 0 Å². The molecule has 1 fully saturated rings. The van der Waals surface area contributed by atoms with Gasteiger partial charge in [-0.3, -0.25) is 0 Å². The average Bonchev–Trinajstić information content (AvgIpc) is 2.74. The first-order valence-corrected chi connectivity index (χ1v) is 6.14. The van der Waals surface area contributed by atoms with Gasteiger partial charge in [-0.1, -0.05) is 6.07 Å². The number of rotatable bonds is 2. The fraction of sp³-hybridized carbons (Fsp3) is 0.500. The predicted octanol–water partition coefficient (Wildman–Crippen LogP) is 0.854. The summed E-state index contributed by atoms with van der Waals surface area (Å²) in [5.41, 5.74) is 6.69. The van der Waals surface area contributed by atoms with Crippen molar-refractivity contribution in [3.8, 4) is 0 Å². The van der Waals surface area contributed by atoms with Crippen LogP contribution in [0, 0.1) is 5.92 Å². The van der Waals surface area contributed by atoms with Gasteiger partial charge in [0.15, 0.2) is 11.5 Å². The first-order chi connectivity index (χ1) is 8.33. The first kappa shape index (κ1) is 10.5. The van der Waals surface area contributed by atoms with Crippen molar-refractivity contribution in [2.75, 3.05) is 18.8 Å². The highest BCUT2D eigenvalue weighted by Crippen LogP contribution is 2.15. The van der Waals surface area contributed by atoms with Crippen LogP contribution in [0.25, 0.3) is 5.65 Å². The molecule has 0 amide bonds. The lowest BCUT2D eigenvalue weighted by atomic mass is 9.96. The van der Waals surface area contributed by atoms with Gasteiger partial charge in [0.2, 0.25) is 0 Å². The van der Waals surface area contributed by atoms with E-state index in [0.717, 1.165) is 31.0 Å². The van der Waals surface area contributed by atoms with Gasteiger partial charge >= 0.3 is 0 Å². The number of hydrogen-bond donors (Lipinski definition) is 2. The lowest BCUT2D eigenvalue weighted by Crippen LogP contribution is -2.31. The van der Waals surface area contributed by atoms with Crippen molar-refractivity contribution in [2.45, 2.75) is 19.3 Å². The molecule has 5 nitrogen and oxygen atoms in total. The van der Waals surface area contributed by atoms with Crippen molar-refractivity contribution in [3.05, 3.63) is 24.0 Å². The third kappa shape index (κ3) is 2.10. The van der Waals surface area contributed by atoms with Crippen molar-refractivity contribution in [1.29, 1.82) is 0 Å². The molecule has 3 rings (SSSR count). The topological polar surface area (TPSA) is 68.2 Å². The van der Waals surface area contributed by atoms with Gasteiger partial charge in [-0.15, -0.1) is 5.10 Å². The Bertz CT molecular complexity index is 513. The van der Waals surface area contributed by atoms with Crippen molar-refractivity contribution in [2.24, 2.45) is 5.92 Å². The van der Waals surface area contributed by atoms with Crippen LogP contribution in [0.15, 0.2) is 18.2 Å². The van der Waals surface area contributed by atoms with Crippen LogP contribution in [-0.4, -0.2) is 27.7 Å². The maximum Gasteiger partial charge on any atom is 0.157 e. The highest BCUT2D eigenvalue weighted by molar-refractivity contribution is 5.45. The van der Waals surface area contributed by atoms with E-state index in [0.29, 0.717) is 11.7 Å². The quantitative estimate of drug-likeness (QED) is 0.804. The summed E-state index contributed by atoms with van der Waals surface area (Å²) < 4.78 is 1.71. The highest BCUT2D eigenvalue weighted by Gasteiger charge is 2.16. The SMILES string of the molecule is Nc1cccc2nc(CC3CCCNC3)nn12. The molecule has 0 aliphatic carbocycles. The van der Waals surface area contributed by atoms with Crippen LogP contribution < -0.4 is 11.1 Å². The summed E-state index contributed by atoms with van der Waals surface area (Å²) in [7, 11) is 0. The minimum absolute atomic E-state index is 0.642. The van der Waals surface area contributed by atoms with Gasteiger partial charge in [-0.05, 0) is 44.0 Å². The minimum atomic E-state index is 0.642. The van der Waals surface area contributed by atoms with Crippen LogP contribution in [0.4, 0.5) is 5.82 Å². The molecule has 3 heterocycles. The van der Waals surface area contributed by atoms with Gasteiger partial charge in [0, 0.05) is 6.42 Å². The maximum absolute atomic E-state index is 5.85. The van der Waals surface area contributed by atoms with Gasteiger partial charge in [-0.25, -0.2) is 4.98 Å². The Morgan fingerprint density at radius 3 is 3.18 bits per heavy atom. The number of pyridine rings is 1. The maximum atomic E-state index is 5.85. The van der Waals surface area contributed by atoms with E-state index >= 15 is 0 Å². The lowest BCUT2D eigenvalue weighted by Gasteiger charge is -2.21. The molecule has 17 heavy (non-hydrogen) atoms. The smallest absolute Gasteiger partial charge is 0.157 e. The van der Waals surface area contributed by atoms with E-state index < -0.39 is 0 Å². The van der Waals surface area contributed by atoms with Gasteiger partial charge in [0.1, 0.15) is 5.82 Å². The summed E-state index contributed by atoms with van der Waals surface area (Å²) in [5.74, 6) is 2.20. The van der Waals surface area contributed by atoms with Gasteiger partial charge in [0.25, 0.3) is 0 Å². The second kappa shape index (κ2) is 4.33. The van der Waals surface area contributed by atoms with E-state index in [1.807, 2.05) is 18.2 Å². The van der Waals surface area contributed by atoms with E-state index in [2.05, 4.69) is 15.4 Å². The van der Waals surface area contributed by atoms with Crippen molar-refractivity contribution >= 4 is 11.5 Å². The summed E-state index contributed by atoms with van der Waals surface area (Å²) in [6.07, 6.45) is 3.45. The monoisotopic (exact) mass is 231 g/mol. The molecule has 2 aromatic heterocycles. The standard InChI is InChI=1S/C12H17N5/c13-10-4-1-5-12-15-11(16-17(10)12)7-9-3-2-6-14-8-9/h1,4-5,9,14H,2-3,6-8,13H2. The lowest BCUT2D eigenvalue weighted by molar-refractivity contribution is 0.371. The summed E-state index contributed by atoms with van der Waals surface area (Å²) >= 11 is 0. The summed E-state index contributed by atoms with van der Waals surface area (Å²) in [6, 6.07) is 5.69. The second-order valence-corrected chi connectivity index (χ2v) is 4.67. The molecule has 0 aromatic carbocycles. The average molecular weight is 231 g/mol. The van der Waals surface area contributed by atoms with Crippen LogP contribution in [-0.2, 0) is 6.42 Å². The minimum Gasteiger partial charge on any atom is -0.384 e. The number of nitrogen functional groups attached to an aromatic ring is 1. The molecule has 90 valence electrons. The van der Waals surface area contributed by atoms with Gasteiger partial charge < -0.3 is 11.1 Å². The molecule has 3 N–H and O–H groups in total. The molecule has 0 saturated carbocycles. The van der Waals surface area contributed by atoms with Crippen molar-refractivity contribution in [1.82, 2.24) is 19.9 Å². The first-order valence-electron chi connectivity index (χ1n) is 6.14. The van der Waals surface area contributed by atoms with Crippen molar-refractivity contribution in [3.63, 3.8) is 0 Å². The van der Waals surface area contributed by atoms with E-state index in [-0.39, 0.29) is 0 Å². The second-order valence-electron chi connectivity index (χ2n) is 4.67. The Hall–Kier alpha value is -1.62. The van der Waals surface area contributed by atoms with E-state index in [9.17, 15) is 0 Å². The Morgan fingerprint density at radius 1 is 1.47 bits per heavy atom. The summed E-state index contributed by atoms with van der Waals surface area (Å²) in [6.45, 7) is 2.22. The summed E-state index contributed by atoms with van der Waals surface area (Å²) in [4.78, 5) is 4.51. The van der Waals surface area contributed by atoms with Crippen LogP contribution in [0.3, 0.4) is 0 Å². The molecule has 0 spiro atoms.